The van der Waals surface area contributed by atoms with E-state index in [2.05, 4.69) is 10.3 Å². The van der Waals surface area contributed by atoms with Crippen molar-refractivity contribution in [1.29, 1.82) is 0 Å². The zero-order valence-corrected chi connectivity index (χ0v) is 18.0. The molecule has 1 saturated carbocycles. The number of hydrogen-bond donors (Lipinski definition) is 5. The number of H-pyrrole nitrogens is 1. The van der Waals surface area contributed by atoms with E-state index in [1.165, 1.54) is 0 Å². The highest BCUT2D eigenvalue weighted by Gasteiger charge is 2.40. The maximum absolute atomic E-state index is 13.0. The summed E-state index contributed by atoms with van der Waals surface area (Å²) >= 11 is 6.02. The Balaban J connectivity index is 1.55. The standard InChI is InChI=1S/C24H25ClN2O5/c25-16-6-7-17-14(9-16)10-19(26-17)24(32)27-18(8-13-4-2-1-3-5-13)23(31)22(30)15-11-20(28)21(29)12-15/h1-7,9-10,15,18,20-21,23,26,28-29,31H,8,11-12H2,(H,27,32). The molecule has 1 aromatic heterocycles. The van der Waals surface area contributed by atoms with Crippen LogP contribution in [0.5, 0.6) is 0 Å². The van der Waals surface area contributed by atoms with Crippen LogP contribution in [0.2, 0.25) is 5.02 Å². The highest BCUT2D eigenvalue weighted by Crippen LogP contribution is 2.28. The second-order valence-electron chi connectivity index (χ2n) is 8.33. The van der Waals surface area contributed by atoms with Crippen molar-refractivity contribution in [3.8, 4) is 0 Å². The highest BCUT2D eigenvalue weighted by molar-refractivity contribution is 6.31. The van der Waals surface area contributed by atoms with Crippen molar-refractivity contribution in [3.63, 3.8) is 0 Å². The quantitative estimate of drug-likeness (QED) is 0.373. The Hall–Kier alpha value is -2.71. The summed E-state index contributed by atoms with van der Waals surface area (Å²) in [6.07, 6.45) is -3.05. The van der Waals surface area contributed by atoms with Gasteiger partial charge in [0.05, 0.1) is 18.2 Å². The fourth-order valence-electron chi connectivity index (χ4n) is 4.25. The van der Waals surface area contributed by atoms with Gasteiger partial charge in [-0.25, -0.2) is 0 Å². The molecule has 1 heterocycles. The van der Waals surface area contributed by atoms with Gasteiger partial charge in [0.2, 0.25) is 0 Å². The molecule has 4 atom stereocenters. The molecule has 3 aromatic rings. The summed E-state index contributed by atoms with van der Waals surface area (Å²) in [5, 5.41) is 34.6. The molecule has 0 bridgehead atoms. The summed E-state index contributed by atoms with van der Waals surface area (Å²) in [7, 11) is 0. The third kappa shape index (κ3) is 4.86. The molecular formula is C24H25ClN2O5. The smallest absolute Gasteiger partial charge is 0.268 e. The van der Waals surface area contributed by atoms with Gasteiger partial charge in [-0.05, 0) is 49.1 Å². The highest BCUT2D eigenvalue weighted by atomic mass is 35.5. The normalized spacial score (nSPS) is 22.6. The first-order chi connectivity index (χ1) is 15.3. The van der Waals surface area contributed by atoms with Crippen LogP contribution in [0.1, 0.15) is 28.9 Å². The van der Waals surface area contributed by atoms with E-state index in [0.717, 1.165) is 16.5 Å². The Kier molecular flexibility index (Phi) is 6.62. The van der Waals surface area contributed by atoms with Crippen LogP contribution in [-0.4, -0.2) is 56.3 Å². The molecule has 168 valence electrons. The van der Waals surface area contributed by atoms with E-state index in [1.54, 1.807) is 24.3 Å². The molecule has 8 heteroatoms. The summed E-state index contributed by atoms with van der Waals surface area (Å²) in [5.74, 6) is -1.62. The number of ketones is 1. The number of aliphatic hydroxyl groups excluding tert-OH is 3. The van der Waals surface area contributed by atoms with Crippen molar-refractivity contribution in [1.82, 2.24) is 10.3 Å². The van der Waals surface area contributed by atoms with Gasteiger partial charge in [-0.2, -0.15) is 0 Å². The zero-order valence-electron chi connectivity index (χ0n) is 17.2. The van der Waals surface area contributed by atoms with E-state index in [1.807, 2.05) is 30.3 Å². The van der Waals surface area contributed by atoms with Crippen LogP contribution in [0, 0.1) is 5.92 Å². The van der Waals surface area contributed by atoms with Crippen molar-refractivity contribution in [3.05, 3.63) is 70.9 Å². The number of Topliss-reactive ketones (excluding diaryl/α,β-unsaturated/α-hetero) is 1. The molecular weight excluding hydrogens is 432 g/mol. The van der Waals surface area contributed by atoms with Gasteiger partial charge in [0.25, 0.3) is 5.91 Å². The van der Waals surface area contributed by atoms with Crippen LogP contribution >= 0.6 is 11.6 Å². The lowest BCUT2D eigenvalue weighted by Crippen LogP contribution is -2.49. The van der Waals surface area contributed by atoms with Gasteiger partial charge >= 0.3 is 0 Å². The second-order valence-corrected chi connectivity index (χ2v) is 8.77. The third-order valence-corrected chi connectivity index (χ3v) is 6.25. The van der Waals surface area contributed by atoms with Crippen molar-refractivity contribution >= 4 is 34.2 Å². The van der Waals surface area contributed by atoms with Crippen LogP contribution in [0.25, 0.3) is 10.9 Å². The van der Waals surface area contributed by atoms with E-state index in [9.17, 15) is 24.9 Å². The van der Waals surface area contributed by atoms with Crippen molar-refractivity contribution in [2.24, 2.45) is 5.92 Å². The molecule has 0 radical (unpaired) electrons. The van der Waals surface area contributed by atoms with Crippen LogP contribution in [0.15, 0.2) is 54.6 Å². The van der Waals surface area contributed by atoms with E-state index in [0.29, 0.717) is 5.02 Å². The molecule has 1 amide bonds. The number of aliphatic hydroxyl groups is 3. The molecule has 4 unspecified atom stereocenters. The van der Waals surface area contributed by atoms with Gasteiger partial charge in [-0.1, -0.05) is 41.9 Å². The molecule has 32 heavy (non-hydrogen) atoms. The second kappa shape index (κ2) is 9.42. The number of halogens is 1. The van der Waals surface area contributed by atoms with Gasteiger partial charge in [-0.15, -0.1) is 0 Å². The minimum atomic E-state index is -1.49. The van der Waals surface area contributed by atoms with Gasteiger partial charge in [-0.3, -0.25) is 9.59 Å². The van der Waals surface area contributed by atoms with E-state index < -0.39 is 42.0 Å². The number of fused-ring (bicyclic) bond motifs is 1. The lowest BCUT2D eigenvalue weighted by Gasteiger charge is -2.25. The fourth-order valence-corrected chi connectivity index (χ4v) is 4.43. The third-order valence-electron chi connectivity index (χ3n) is 6.01. The number of benzene rings is 2. The Morgan fingerprint density at radius 1 is 1.06 bits per heavy atom. The molecule has 5 N–H and O–H groups in total. The SMILES string of the molecule is O=C(NC(Cc1ccccc1)C(O)C(=O)C1CC(O)C(O)C1)c1cc2cc(Cl)ccc2[nH]1. The van der Waals surface area contributed by atoms with Crippen molar-refractivity contribution < 1.29 is 24.9 Å². The molecule has 0 spiro atoms. The topological polar surface area (TPSA) is 123 Å². The lowest BCUT2D eigenvalue weighted by molar-refractivity contribution is -0.132. The van der Waals surface area contributed by atoms with Crippen LogP contribution < -0.4 is 5.32 Å². The monoisotopic (exact) mass is 456 g/mol. The predicted octanol–water partition coefficient (Wildman–Crippen LogP) is 2.22. The Labute approximate surface area is 190 Å². The van der Waals surface area contributed by atoms with Gasteiger partial charge < -0.3 is 25.6 Å². The Morgan fingerprint density at radius 3 is 2.44 bits per heavy atom. The first-order valence-electron chi connectivity index (χ1n) is 10.5. The number of amides is 1. The molecule has 1 aliphatic carbocycles. The minimum Gasteiger partial charge on any atom is -0.390 e. The fraction of sp³-hybridized carbons (Fsp3) is 0.333. The number of carbonyl (C=O) groups is 2. The van der Waals surface area contributed by atoms with Crippen LogP contribution in [0.3, 0.4) is 0 Å². The number of hydrogen-bond acceptors (Lipinski definition) is 5. The maximum atomic E-state index is 13.0. The van der Waals surface area contributed by atoms with Gasteiger partial charge in [0.1, 0.15) is 11.8 Å². The van der Waals surface area contributed by atoms with Crippen LogP contribution in [-0.2, 0) is 11.2 Å². The van der Waals surface area contributed by atoms with Crippen LogP contribution in [0.4, 0.5) is 0 Å². The van der Waals surface area contributed by atoms with Gasteiger partial charge in [0.15, 0.2) is 5.78 Å². The molecule has 2 aromatic carbocycles. The van der Waals surface area contributed by atoms with E-state index in [-0.39, 0.29) is 25.0 Å². The summed E-state index contributed by atoms with van der Waals surface area (Å²) in [5.41, 5.74) is 1.87. The molecule has 1 aliphatic rings. The Bertz CT molecular complexity index is 1110. The summed E-state index contributed by atoms with van der Waals surface area (Å²) in [6, 6.07) is 15.2. The molecule has 7 nitrogen and oxygen atoms in total. The summed E-state index contributed by atoms with van der Waals surface area (Å²) in [6.45, 7) is 0. The largest absolute Gasteiger partial charge is 0.390 e. The van der Waals surface area contributed by atoms with E-state index in [4.69, 9.17) is 11.6 Å². The number of nitrogens with one attached hydrogen (secondary N) is 2. The van der Waals surface area contributed by atoms with Crippen molar-refractivity contribution in [2.45, 2.75) is 43.6 Å². The number of aromatic nitrogens is 1. The maximum Gasteiger partial charge on any atom is 0.268 e. The average Bonchev–Trinajstić information content (AvgIpc) is 3.35. The zero-order chi connectivity index (χ0) is 22.8. The molecule has 4 rings (SSSR count). The lowest BCUT2D eigenvalue weighted by atomic mass is 9.91. The number of aromatic amines is 1. The Morgan fingerprint density at radius 2 is 1.75 bits per heavy atom. The minimum absolute atomic E-state index is 0.0891. The van der Waals surface area contributed by atoms with E-state index >= 15 is 0 Å². The first-order valence-corrected chi connectivity index (χ1v) is 10.9. The number of rotatable bonds is 7. The molecule has 0 saturated heterocycles. The predicted molar refractivity (Wildman–Crippen MR) is 120 cm³/mol. The molecule has 1 fully saturated rings. The van der Waals surface area contributed by atoms with Crippen molar-refractivity contribution in [2.75, 3.05) is 0 Å². The van der Waals surface area contributed by atoms with Gasteiger partial charge in [0, 0.05) is 21.8 Å². The summed E-state index contributed by atoms with van der Waals surface area (Å²) in [4.78, 5) is 28.9. The number of carbonyl (C=O) groups excluding carboxylic acids is 2. The summed E-state index contributed by atoms with van der Waals surface area (Å²) < 4.78 is 0. The first kappa shape index (κ1) is 22.5. The molecule has 0 aliphatic heterocycles. The average molecular weight is 457 g/mol.